The second kappa shape index (κ2) is 1.78. The number of aliphatic hydroxyl groups is 1. The molecule has 1 nitrogen and oxygen atoms in total. The molecule has 3 unspecified atom stereocenters. The highest BCUT2D eigenvalue weighted by Gasteiger charge is 2.48. The Balaban J connectivity index is 2.02. The quantitative estimate of drug-likeness (QED) is 0.514. The fraction of sp³-hybridized carbons (Fsp3) is 0.600. The van der Waals surface area contributed by atoms with E-state index in [2.05, 4.69) is 18.2 Å². The average Bonchev–Trinajstić information content (AvgIpc) is 2.60. The third-order valence-corrected chi connectivity index (χ3v) is 3.51. The Labute approximate surface area is 66.4 Å². The molecule has 0 heterocycles. The van der Waals surface area contributed by atoms with Gasteiger partial charge in [0.05, 0.1) is 6.10 Å². The maximum atomic E-state index is 9.60. The molecule has 1 saturated carbocycles. The molecular weight excluding hydrogens is 136 g/mol. The largest absolute Gasteiger partial charge is 0.389 e. The van der Waals surface area contributed by atoms with Gasteiger partial charge in [-0.3, -0.25) is 0 Å². The standard InChI is InChI=1S/C10H12O/c11-9-4-3-8-6-1-2-7(5-6)10(8)9/h1-4,6-11H,5H2/t6-,7-,8?,9?,10?/m0/s1. The molecule has 11 heavy (non-hydrogen) atoms. The molecule has 3 rings (SSSR count). The van der Waals surface area contributed by atoms with E-state index < -0.39 is 0 Å². The molecule has 1 fully saturated rings. The zero-order valence-electron chi connectivity index (χ0n) is 6.35. The van der Waals surface area contributed by atoms with Crippen LogP contribution in [0.15, 0.2) is 24.3 Å². The molecule has 0 aromatic heterocycles. The molecule has 0 amide bonds. The minimum absolute atomic E-state index is 0.153. The molecule has 1 N–H and O–H groups in total. The molecule has 2 bridgehead atoms. The highest BCUT2D eigenvalue weighted by molar-refractivity contribution is 5.24. The first-order chi connectivity index (χ1) is 5.36. The first-order valence-corrected chi connectivity index (χ1v) is 4.41. The monoisotopic (exact) mass is 148 g/mol. The molecular formula is C10H12O. The third-order valence-electron chi connectivity index (χ3n) is 3.51. The van der Waals surface area contributed by atoms with Crippen LogP contribution < -0.4 is 0 Å². The van der Waals surface area contributed by atoms with Gasteiger partial charge in [-0.15, -0.1) is 0 Å². The molecule has 0 saturated heterocycles. The van der Waals surface area contributed by atoms with Crippen LogP contribution in [0.25, 0.3) is 0 Å². The summed E-state index contributed by atoms with van der Waals surface area (Å²) in [6.07, 6.45) is 9.94. The summed E-state index contributed by atoms with van der Waals surface area (Å²) < 4.78 is 0. The number of hydrogen-bond acceptors (Lipinski definition) is 1. The van der Waals surface area contributed by atoms with Crippen molar-refractivity contribution < 1.29 is 5.11 Å². The van der Waals surface area contributed by atoms with E-state index in [1.807, 2.05) is 6.08 Å². The van der Waals surface area contributed by atoms with Gasteiger partial charge in [0.2, 0.25) is 0 Å². The van der Waals surface area contributed by atoms with E-state index in [1.165, 1.54) is 6.42 Å². The predicted molar refractivity (Wildman–Crippen MR) is 42.9 cm³/mol. The van der Waals surface area contributed by atoms with Gasteiger partial charge < -0.3 is 5.11 Å². The smallest absolute Gasteiger partial charge is 0.0760 e. The summed E-state index contributed by atoms with van der Waals surface area (Å²) in [5.74, 6) is 2.62. The van der Waals surface area contributed by atoms with Gasteiger partial charge in [0.15, 0.2) is 0 Å². The van der Waals surface area contributed by atoms with Crippen LogP contribution in [-0.4, -0.2) is 11.2 Å². The Morgan fingerprint density at radius 3 is 2.64 bits per heavy atom. The fourth-order valence-corrected chi connectivity index (χ4v) is 3.02. The number of fused-ring (bicyclic) bond motifs is 5. The van der Waals surface area contributed by atoms with Crippen molar-refractivity contribution >= 4 is 0 Å². The Kier molecular flexibility index (Phi) is 0.972. The lowest BCUT2D eigenvalue weighted by Gasteiger charge is -2.22. The summed E-state index contributed by atoms with van der Waals surface area (Å²) >= 11 is 0. The lowest BCUT2D eigenvalue weighted by molar-refractivity contribution is 0.132. The summed E-state index contributed by atoms with van der Waals surface area (Å²) in [5.41, 5.74) is 0. The molecule has 0 radical (unpaired) electrons. The zero-order valence-corrected chi connectivity index (χ0v) is 6.35. The van der Waals surface area contributed by atoms with Gasteiger partial charge in [-0.05, 0) is 24.2 Å². The molecule has 1 heteroatoms. The molecule has 0 spiro atoms. The maximum Gasteiger partial charge on any atom is 0.0760 e. The van der Waals surface area contributed by atoms with Gasteiger partial charge >= 0.3 is 0 Å². The van der Waals surface area contributed by atoms with Crippen LogP contribution in [0.2, 0.25) is 0 Å². The summed E-state index contributed by atoms with van der Waals surface area (Å²) in [4.78, 5) is 0. The van der Waals surface area contributed by atoms with Crippen molar-refractivity contribution in [3.63, 3.8) is 0 Å². The van der Waals surface area contributed by atoms with Gasteiger partial charge in [-0.1, -0.05) is 24.3 Å². The second-order valence-corrected chi connectivity index (χ2v) is 3.98. The van der Waals surface area contributed by atoms with Gasteiger partial charge in [0.1, 0.15) is 0 Å². The van der Waals surface area contributed by atoms with E-state index in [1.54, 1.807) is 0 Å². The van der Waals surface area contributed by atoms with Crippen LogP contribution in [0.4, 0.5) is 0 Å². The van der Waals surface area contributed by atoms with Crippen molar-refractivity contribution in [3.8, 4) is 0 Å². The predicted octanol–water partition coefficient (Wildman–Crippen LogP) is 1.36. The summed E-state index contributed by atoms with van der Waals surface area (Å²) in [5, 5.41) is 9.60. The molecule has 0 aliphatic heterocycles. The highest BCUT2D eigenvalue weighted by atomic mass is 16.3. The van der Waals surface area contributed by atoms with Crippen molar-refractivity contribution in [3.05, 3.63) is 24.3 Å². The van der Waals surface area contributed by atoms with Crippen molar-refractivity contribution in [2.75, 3.05) is 0 Å². The van der Waals surface area contributed by atoms with Gasteiger partial charge in [0.25, 0.3) is 0 Å². The molecule has 0 aromatic rings. The SMILES string of the molecule is OC1C=CC2C1[C@H]1C=C[C@H]2C1. The number of hydrogen-bond donors (Lipinski definition) is 1. The van der Waals surface area contributed by atoms with Crippen molar-refractivity contribution in [1.82, 2.24) is 0 Å². The van der Waals surface area contributed by atoms with Gasteiger partial charge in [0, 0.05) is 5.92 Å². The first kappa shape index (κ1) is 6.01. The molecule has 3 aliphatic rings. The van der Waals surface area contributed by atoms with Gasteiger partial charge in [-0.25, -0.2) is 0 Å². The normalized spacial score (nSPS) is 57.4. The maximum absolute atomic E-state index is 9.60. The van der Waals surface area contributed by atoms with E-state index in [-0.39, 0.29) is 6.10 Å². The van der Waals surface area contributed by atoms with Crippen molar-refractivity contribution in [1.29, 1.82) is 0 Å². The zero-order chi connectivity index (χ0) is 7.42. The minimum Gasteiger partial charge on any atom is -0.389 e. The number of aliphatic hydroxyl groups excluding tert-OH is 1. The van der Waals surface area contributed by atoms with E-state index in [0.29, 0.717) is 17.8 Å². The van der Waals surface area contributed by atoms with Gasteiger partial charge in [-0.2, -0.15) is 0 Å². The molecule has 3 aliphatic carbocycles. The Hall–Kier alpha value is -0.560. The van der Waals surface area contributed by atoms with Crippen LogP contribution in [-0.2, 0) is 0 Å². The van der Waals surface area contributed by atoms with Crippen LogP contribution in [0, 0.1) is 23.7 Å². The average molecular weight is 148 g/mol. The summed E-state index contributed by atoms with van der Waals surface area (Å²) in [6.45, 7) is 0. The number of allylic oxidation sites excluding steroid dienone is 3. The summed E-state index contributed by atoms with van der Waals surface area (Å²) in [6, 6.07) is 0. The van der Waals surface area contributed by atoms with Crippen molar-refractivity contribution in [2.24, 2.45) is 23.7 Å². The van der Waals surface area contributed by atoms with Crippen molar-refractivity contribution in [2.45, 2.75) is 12.5 Å². The van der Waals surface area contributed by atoms with Crippen LogP contribution in [0.1, 0.15) is 6.42 Å². The fourth-order valence-electron chi connectivity index (χ4n) is 3.02. The van der Waals surface area contributed by atoms with Crippen LogP contribution in [0.3, 0.4) is 0 Å². The van der Waals surface area contributed by atoms with Crippen LogP contribution in [0.5, 0.6) is 0 Å². The molecule has 58 valence electrons. The van der Waals surface area contributed by atoms with E-state index >= 15 is 0 Å². The van der Waals surface area contributed by atoms with E-state index in [9.17, 15) is 5.11 Å². The van der Waals surface area contributed by atoms with E-state index in [4.69, 9.17) is 0 Å². The third kappa shape index (κ3) is 0.603. The Morgan fingerprint density at radius 1 is 1.00 bits per heavy atom. The first-order valence-electron chi connectivity index (χ1n) is 4.41. The topological polar surface area (TPSA) is 20.2 Å². The lowest BCUT2D eigenvalue weighted by Crippen LogP contribution is -2.23. The second-order valence-electron chi connectivity index (χ2n) is 3.98. The number of rotatable bonds is 0. The van der Waals surface area contributed by atoms with E-state index in [0.717, 1.165) is 5.92 Å². The summed E-state index contributed by atoms with van der Waals surface area (Å²) in [7, 11) is 0. The Morgan fingerprint density at radius 2 is 1.82 bits per heavy atom. The molecule has 5 atom stereocenters. The minimum atomic E-state index is -0.153. The van der Waals surface area contributed by atoms with Crippen LogP contribution >= 0.6 is 0 Å². The lowest BCUT2D eigenvalue weighted by atomic mass is 9.84. The Bertz CT molecular complexity index is 241. The highest BCUT2D eigenvalue weighted by Crippen LogP contribution is 2.52. The molecule has 0 aromatic carbocycles.